The van der Waals surface area contributed by atoms with Crippen molar-refractivity contribution >= 4 is 23.2 Å². The highest BCUT2D eigenvalue weighted by molar-refractivity contribution is 6.35. The van der Waals surface area contributed by atoms with Crippen molar-refractivity contribution in [3.63, 3.8) is 0 Å². The Balaban J connectivity index is 2.78. The SMILES string of the molecule is CCCC(O)CNC(=O)c1cccc([N+](=O)[O-])c1Cl. The predicted octanol–water partition coefficient (Wildman–Crippen LogP) is 2.14. The fraction of sp³-hybridized carbons (Fsp3) is 0.417. The summed E-state index contributed by atoms with van der Waals surface area (Å²) in [7, 11) is 0. The second kappa shape index (κ2) is 7.06. The number of carbonyl (C=O) groups excluding carboxylic acids is 1. The molecule has 0 radical (unpaired) electrons. The molecule has 2 N–H and O–H groups in total. The van der Waals surface area contributed by atoms with E-state index in [1.807, 2.05) is 6.92 Å². The molecule has 0 aliphatic carbocycles. The Morgan fingerprint density at radius 3 is 2.84 bits per heavy atom. The highest BCUT2D eigenvalue weighted by atomic mass is 35.5. The first-order chi connectivity index (χ1) is 8.97. The molecular formula is C12H15ClN2O4. The summed E-state index contributed by atoms with van der Waals surface area (Å²) < 4.78 is 0. The second-order valence-electron chi connectivity index (χ2n) is 4.05. The Morgan fingerprint density at radius 2 is 2.26 bits per heavy atom. The van der Waals surface area contributed by atoms with Gasteiger partial charge in [0, 0.05) is 12.6 Å². The van der Waals surface area contributed by atoms with Crippen LogP contribution in [0.2, 0.25) is 5.02 Å². The van der Waals surface area contributed by atoms with Crippen molar-refractivity contribution in [2.45, 2.75) is 25.9 Å². The van der Waals surface area contributed by atoms with Crippen LogP contribution in [0.15, 0.2) is 18.2 Å². The predicted molar refractivity (Wildman–Crippen MR) is 71.4 cm³/mol. The molecule has 6 nitrogen and oxygen atoms in total. The van der Waals surface area contributed by atoms with Gasteiger partial charge in [-0.3, -0.25) is 14.9 Å². The number of benzene rings is 1. The van der Waals surface area contributed by atoms with E-state index in [-0.39, 0.29) is 22.8 Å². The van der Waals surface area contributed by atoms with Gasteiger partial charge in [0.1, 0.15) is 5.02 Å². The van der Waals surface area contributed by atoms with Gasteiger partial charge < -0.3 is 10.4 Å². The van der Waals surface area contributed by atoms with Crippen LogP contribution in [0.1, 0.15) is 30.1 Å². The van der Waals surface area contributed by atoms with Crippen molar-refractivity contribution < 1.29 is 14.8 Å². The van der Waals surface area contributed by atoms with Crippen LogP contribution in [-0.4, -0.2) is 28.6 Å². The minimum Gasteiger partial charge on any atom is -0.391 e. The van der Waals surface area contributed by atoms with Crippen LogP contribution in [0.4, 0.5) is 5.69 Å². The molecule has 1 amide bonds. The largest absolute Gasteiger partial charge is 0.391 e. The van der Waals surface area contributed by atoms with E-state index in [4.69, 9.17) is 11.6 Å². The van der Waals surface area contributed by atoms with Gasteiger partial charge in [-0.1, -0.05) is 31.0 Å². The van der Waals surface area contributed by atoms with E-state index in [0.29, 0.717) is 6.42 Å². The molecule has 0 aromatic heterocycles. The van der Waals surface area contributed by atoms with Gasteiger partial charge in [0.2, 0.25) is 0 Å². The number of halogens is 1. The van der Waals surface area contributed by atoms with Crippen LogP contribution in [0.5, 0.6) is 0 Å². The zero-order valence-corrected chi connectivity index (χ0v) is 11.2. The van der Waals surface area contributed by atoms with Crippen LogP contribution in [-0.2, 0) is 0 Å². The van der Waals surface area contributed by atoms with E-state index in [2.05, 4.69) is 5.32 Å². The molecular weight excluding hydrogens is 272 g/mol. The lowest BCUT2D eigenvalue weighted by Crippen LogP contribution is -2.32. The molecule has 1 aromatic carbocycles. The van der Waals surface area contributed by atoms with Crippen LogP contribution in [0.25, 0.3) is 0 Å². The third kappa shape index (κ3) is 4.18. The summed E-state index contributed by atoms with van der Waals surface area (Å²) >= 11 is 5.81. The fourth-order valence-corrected chi connectivity index (χ4v) is 1.86. The van der Waals surface area contributed by atoms with E-state index < -0.39 is 16.9 Å². The number of rotatable bonds is 6. The molecule has 0 fully saturated rings. The zero-order chi connectivity index (χ0) is 14.4. The number of nitro benzene ring substituents is 1. The van der Waals surface area contributed by atoms with E-state index in [0.717, 1.165) is 6.42 Å². The number of aliphatic hydroxyl groups is 1. The Morgan fingerprint density at radius 1 is 1.58 bits per heavy atom. The summed E-state index contributed by atoms with van der Waals surface area (Å²) in [6, 6.07) is 4.02. The molecule has 1 atom stereocenters. The van der Waals surface area contributed by atoms with Crippen molar-refractivity contribution in [1.29, 1.82) is 0 Å². The third-order valence-electron chi connectivity index (χ3n) is 2.54. The van der Waals surface area contributed by atoms with Gasteiger partial charge in [0.15, 0.2) is 0 Å². The third-order valence-corrected chi connectivity index (χ3v) is 2.94. The lowest BCUT2D eigenvalue weighted by molar-refractivity contribution is -0.384. The zero-order valence-electron chi connectivity index (χ0n) is 10.4. The minimum absolute atomic E-state index is 0.0274. The first-order valence-electron chi connectivity index (χ1n) is 5.86. The number of nitrogens with one attached hydrogen (secondary N) is 1. The average Bonchev–Trinajstić information content (AvgIpc) is 2.36. The molecule has 19 heavy (non-hydrogen) atoms. The fourth-order valence-electron chi connectivity index (χ4n) is 1.58. The topological polar surface area (TPSA) is 92.5 Å². The van der Waals surface area contributed by atoms with Crippen LogP contribution in [0, 0.1) is 10.1 Å². The number of nitrogens with zero attached hydrogens (tertiary/aromatic N) is 1. The summed E-state index contributed by atoms with van der Waals surface area (Å²) in [5.74, 6) is -0.538. The van der Waals surface area contributed by atoms with E-state index in [9.17, 15) is 20.0 Å². The molecule has 1 unspecified atom stereocenters. The molecule has 1 rings (SSSR count). The second-order valence-corrected chi connectivity index (χ2v) is 4.43. The number of aliphatic hydroxyl groups excluding tert-OH is 1. The van der Waals surface area contributed by atoms with Crippen molar-refractivity contribution in [2.24, 2.45) is 0 Å². The summed E-state index contributed by atoms with van der Waals surface area (Å²) in [6.07, 6.45) is 0.740. The average molecular weight is 287 g/mol. The minimum atomic E-state index is -0.648. The van der Waals surface area contributed by atoms with Gasteiger partial charge >= 0.3 is 0 Å². The number of hydrogen-bond acceptors (Lipinski definition) is 4. The standard InChI is InChI=1S/C12H15ClN2O4/c1-2-4-8(16)7-14-12(17)9-5-3-6-10(11(9)13)15(18)19/h3,5-6,8,16H,2,4,7H2,1H3,(H,14,17). The molecule has 104 valence electrons. The molecule has 1 aromatic rings. The Kier molecular flexibility index (Phi) is 5.72. The van der Waals surface area contributed by atoms with E-state index >= 15 is 0 Å². The van der Waals surface area contributed by atoms with Gasteiger partial charge in [-0.2, -0.15) is 0 Å². The quantitative estimate of drug-likeness (QED) is 0.619. The molecule has 0 bridgehead atoms. The number of amides is 1. The van der Waals surface area contributed by atoms with Gasteiger partial charge in [-0.15, -0.1) is 0 Å². The Bertz CT molecular complexity index is 479. The molecule has 0 heterocycles. The maximum atomic E-state index is 11.8. The van der Waals surface area contributed by atoms with Gasteiger partial charge in [-0.05, 0) is 12.5 Å². The van der Waals surface area contributed by atoms with Gasteiger partial charge in [0.05, 0.1) is 16.6 Å². The van der Waals surface area contributed by atoms with Crippen molar-refractivity contribution in [3.8, 4) is 0 Å². The Labute approximate surface area is 115 Å². The molecule has 7 heteroatoms. The highest BCUT2D eigenvalue weighted by Crippen LogP contribution is 2.27. The lowest BCUT2D eigenvalue weighted by Gasteiger charge is -2.11. The number of carbonyl (C=O) groups is 1. The smallest absolute Gasteiger partial charge is 0.288 e. The first-order valence-corrected chi connectivity index (χ1v) is 6.24. The van der Waals surface area contributed by atoms with Crippen molar-refractivity contribution in [2.75, 3.05) is 6.54 Å². The molecule has 0 saturated carbocycles. The number of hydrogen-bond donors (Lipinski definition) is 2. The van der Waals surface area contributed by atoms with Crippen molar-refractivity contribution in [1.82, 2.24) is 5.32 Å². The first kappa shape index (κ1) is 15.4. The summed E-state index contributed by atoms with van der Waals surface area (Å²) in [4.78, 5) is 21.9. The summed E-state index contributed by atoms with van der Waals surface area (Å²) in [5.41, 5.74) is -0.289. The Hall–Kier alpha value is -1.66. The molecule has 0 aliphatic rings. The van der Waals surface area contributed by atoms with Crippen LogP contribution < -0.4 is 5.32 Å². The highest BCUT2D eigenvalue weighted by Gasteiger charge is 2.20. The normalized spacial score (nSPS) is 11.9. The summed E-state index contributed by atoms with van der Waals surface area (Å²) in [6.45, 7) is 2.01. The van der Waals surface area contributed by atoms with Crippen LogP contribution >= 0.6 is 11.6 Å². The monoisotopic (exact) mass is 286 g/mol. The maximum absolute atomic E-state index is 11.8. The lowest BCUT2D eigenvalue weighted by atomic mass is 10.1. The van der Waals surface area contributed by atoms with Crippen molar-refractivity contribution in [3.05, 3.63) is 38.9 Å². The molecule has 0 spiro atoms. The van der Waals surface area contributed by atoms with E-state index in [1.54, 1.807) is 0 Å². The maximum Gasteiger partial charge on any atom is 0.288 e. The van der Waals surface area contributed by atoms with Gasteiger partial charge in [0.25, 0.3) is 11.6 Å². The van der Waals surface area contributed by atoms with Crippen LogP contribution in [0.3, 0.4) is 0 Å². The molecule has 0 aliphatic heterocycles. The molecule has 0 saturated heterocycles. The number of nitro groups is 1. The van der Waals surface area contributed by atoms with E-state index in [1.165, 1.54) is 18.2 Å². The van der Waals surface area contributed by atoms with Gasteiger partial charge in [-0.25, -0.2) is 0 Å². The summed E-state index contributed by atoms with van der Waals surface area (Å²) in [5, 5.41) is 22.5.